The van der Waals surface area contributed by atoms with Crippen LogP contribution < -0.4 is 15.4 Å². The number of nitrogens with one attached hydrogen (secondary N) is 2. The van der Waals surface area contributed by atoms with Gasteiger partial charge in [-0.3, -0.25) is 4.79 Å². The SMILES string of the molecule is C=CCNC(=O)CSc1nnc(Nc2ccc(OC)cc2)s1. The second kappa shape index (κ2) is 8.40. The van der Waals surface area contributed by atoms with E-state index in [-0.39, 0.29) is 5.91 Å². The Morgan fingerprint density at radius 3 is 2.86 bits per heavy atom. The lowest BCUT2D eigenvalue weighted by atomic mass is 10.3. The highest BCUT2D eigenvalue weighted by Gasteiger charge is 2.08. The molecule has 0 radical (unpaired) electrons. The summed E-state index contributed by atoms with van der Waals surface area (Å²) in [7, 11) is 1.63. The molecule has 0 aliphatic heterocycles. The third-order valence-electron chi connectivity index (χ3n) is 2.52. The van der Waals surface area contributed by atoms with Gasteiger partial charge in [0.15, 0.2) is 4.34 Å². The number of benzene rings is 1. The molecule has 0 saturated carbocycles. The molecular weight excluding hydrogens is 320 g/mol. The Balaban J connectivity index is 1.85. The first-order valence-corrected chi connectivity index (χ1v) is 8.26. The van der Waals surface area contributed by atoms with Crippen molar-refractivity contribution in [3.63, 3.8) is 0 Å². The Morgan fingerprint density at radius 2 is 2.18 bits per heavy atom. The van der Waals surface area contributed by atoms with Gasteiger partial charge in [0.2, 0.25) is 11.0 Å². The molecule has 0 aliphatic carbocycles. The van der Waals surface area contributed by atoms with Crippen LogP contribution >= 0.6 is 23.1 Å². The molecule has 116 valence electrons. The zero-order chi connectivity index (χ0) is 15.8. The average molecular weight is 336 g/mol. The normalized spacial score (nSPS) is 10.0. The quantitative estimate of drug-likeness (QED) is 0.570. The smallest absolute Gasteiger partial charge is 0.230 e. The van der Waals surface area contributed by atoms with Gasteiger partial charge in [0.1, 0.15) is 5.75 Å². The van der Waals surface area contributed by atoms with Crippen LogP contribution in [0.25, 0.3) is 0 Å². The summed E-state index contributed by atoms with van der Waals surface area (Å²) < 4.78 is 5.85. The molecule has 0 spiro atoms. The van der Waals surface area contributed by atoms with Crippen LogP contribution in [0.1, 0.15) is 0 Å². The van der Waals surface area contributed by atoms with E-state index >= 15 is 0 Å². The third kappa shape index (κ3) is 5.05. The minimum absolute atomic E-state index is 0.0511. The van der Waals surface area contributed by atoms with E-state index in [0.717, 1.165) is 15.8 Å². The first-order valence-electron chi connectivity index (χ1n) is 6.46. The molecule has 1 aromatic carbocycles. The van der Waals surface area contributed by atoms with Crippen LogP contribution in [0.2, 0.25) is 0 Å². The Morgan fingerprint density at radius 1 is 1.41 bits per heavy atom. The number of amides is 1. The number of hydrogen-bond donors (Lipinski definition) is 2. The second-order valence-electron chi connectivity index (χ2n) is 4.11. The summed E-state index contributed by atoms with van der Waals surface area (Å²) in [4.78, 5) is 11.5. The van der Waals surface area contributed by atoms with Crippen LogP contribution in [-0.2, 0) is 4.79 Å². The van der Waals surface area contributed by atoms with Crippen LogP contribution in [-0.4, -0.2) is 35.5 Å². The summed E-state index contributed by atoms with van der Waals surface area (Å²) >= 11 is 2.76. The number of hydrogen-bond acceptors (Lipinski definition) is 7. The summed E-state index contributed by atoms with van der Waals surface area (Å²) in [5, 5.41) is 14.6. The zero-order valence-corrected chi connectivity index (χ0v) is 13.7. The molecule has 0 atom stereocenters. The molecule has 0 unspecified atom stereocenters. The van der Waals surface area contributed by atoms with E-state index in [9.17, 15) is 4.79 Å². The maximum Gasteiger partial charge on any atom is 0.230 e. The molecule has 2 rings (SSSR count). The monoisotopic (exact) mass is 336 g/mol. The molecule has 22 heavy (non-hydrogen) atoms. The van der Waals surface area contributed by atoms with Gasteiger partial charge in [-0.05, 0) is 24.3 Å². The summed E-state index contributed by atoms with van der Waals surface area (Å²) in [5.74, 6) is 1.06. The van der Waals surface area contributed by atoms with Crippen molar-refractivity contribution < 1.29 is 9.53 Å². The Labute approximate surface area is 137 Å². The van der Waals surface area contributed by atoms with Gasteiger partial charge in [-0.2, -0.15) is 0 Å². The fourth-order valence-corrected chi connectivity index (χ4v) is 3.08. The van der Waals surface area contributed by atoms with E-state index in [1.165, 1.54) is 23.1 Å². The first kappa shape index (κ1) is 16.3. The van der Waals surface area contributed by atoms with E-state index in [4.69, 9.17) is 4.74 Å². The lowest BCUT2D eigenvalue weighted by Gasteiger charge is -2.03. The predicted octanol–water partition coefficient (Wildman–Crippen LogP) is 2.68. The first-order chi connectivity index (χ1) is 10.7. The van der Waals surface area contributed by atoms with E-state index in [0.29, 0.717) is 17.4 Å². The van der Waals surface area contributed by atoms with Crippen molar-refractivity contribution >= 4 is 39.8 Å². The van der Waals surface area contributed by atoms with Gasteiger partial charge in [-0.25, -0.2) is 0 Å². The second-order valence-corrected chi connectivity index (χ2v) is 6.31. The topological polar surface area (TPSA) is 76.1 Å². The van der Waals surface area contributed by atoms with Gasteiger partial charge in [-0.1, -0.05) is 29.2 Å². The predicted molar refractivity (Wildman–Crippen MR) is 90.1 cm³/mol. The molecule has 6 nitrogen and oxygen atoms in total. The number of aromatic nitrogens is 2. The number of carbonyl (C=O) groups is 1. The van der Waals surface area contributed by atoms with Gasteiger partial charge in [0.05, 0.1) is 12.9 Å². The van der Waals surface area contributed by atoms with Crippen LogP contribution in [0.3, 0.4) is 0 Å². The van der Waals surface area contributed by atoms with Gasteiger partial charge in [0, 0.05) is 12.2 Å². The van der Waals surface area contributed by atoms with E-state index in [1.54, 1.807) is 13.2 Å². The number of rotatable bonds is 8. The molecule has 1 aromatic heterocycles. The summed E-state index contributed by atoms with van der Waals surface area (Å²) in [6.45, 7) is 4.02. The lowest BCUT2D eigenvalue weighted by molar-refractivity contribution is -0.118. The van der Waals surface area contributed by atoms with Crippen LogP contribution in [0, 0.1) is 0 Å². The lowest BCUT2D eigenvalue weighted by Crippen LogP contribution is -2.24. The fraction of sp³-hybridized carbons (Fsp3) is 0.214. The standard InChI is InChI=1S/C14H16N4O2S2/c1-3-8-15-12(19)9-21-14-18-17-13(22-14)16-10-4-6-11(20-2)7-5-10/h3-7H,1,8-9H2,2H3,(H,15,19)(H,16,17). The fourth-order valence-electron chi connectivity index (χ4n) is 1.48. The Hall–Kier alpha value is -2.06. The maximum atomic E-state index is 11.5. The van der Waals surface area contributed by atoms with Gasteiger partial charge < -0.3 is 15.4 Å². The van der Waals surface area contributed by atoms with Crippen molar-refractivity contribution in [1.29, 1.82) is 0 Å². The van der Waals surface area contributed by atoms with E-state index in [2.05, 4.69) is 27.4 Å². The molecule has 2 N–H and O–H groups in total. The van der Waals surface area contributed by atoms with Crippen molar-refractivity contribution in [2.45, 2.75) is 4.34 Å². The number of ether oxygens (including phenoxy) is 1. The van der Waals surface area contributed by atoms with Crippen LogP contribution in [0.15, 0.2) is 41.3 Å². The van der Waals surface area contributed by atoms with Gasteiger partial charge in [-0.15, -0.1) is 16.8 Å². The summed E-state index contributed by atoms with van der Waals surface area (Å²) in [6, 6.07) is 7.53. The molecular formula is C14H16N4O2S2. The minimum Gasteiger partial charge on any atom is -0.497 e. The van der Waals surface area contributed by atoms with Crippen LogP contribution in [0.5, 0.6) is 5.75 Å². The van der Waals surface area contributed by atoms with Crippen LogP contribution in [0.4, 0.5) is 10.8 Å². The molecule has 8 heteroatoms. The highest BCUT2D eigenvalue weighted by molar-refractivity contribution is 8.01. The third-order valence-corrected chi connectivity index (χ3v) is 4.49. The van der Waals surface area contributed by atoms with Gasteiger partial charge in [0.25, 0.3) is 0 Å². The molecule has 0 bridgehead atoms. The summed E-state index contributed by atoms with van der Waals surface area (Å²) in [5.41, 5.74) is 0.900. The van der Waals surface area contributed by atoms with Crippen molar-refractivity contribution in [2.75, 3.05) is 24.7 Å². The van der Waals surface area contributed by atoms with Crippen molar-refractivity contribution in [1.82, 2.24) is 15.5 Å². The van der Waals surface area contributed by atoms with Crippen molar-refractivity contribution in [3.8, 4) is 5.75 Å². The number of carbonyl (C=O) groups excluding carboxylic acids is 1. The van der Waals surface area contributed by atoms with Gasteiger partial charge >= 0.3 is 0 Å². The number of anilines is 2. The minimum atomic E-state index is -0.0511. The maximum absolute atomic E-state index is 11.5. The van der Waals surface area contributed by atoms with E-state index < -0.39 is 0 Å². The highest BCUT2D eigenvalue weighted by Crippen LogP contribution is 2.28. The molecule has 2 aromatic rings. The highest BCUT2D eigenvalue weighted by atomic mass is 32.2. The van der Waals surface area contributed by atoms with Crippen molar-refractivity contribution in [2.24, 2.45) is 0 Å². The average Bonchev–Trinajstić information content (AvgIpc) is 2.99. The zero-order valence-electron chi connectivity index (χ0n) is 12.0. The van der Waals surface area contributed by atoms with Crippen molar-refractivity contribution in [3.05, 3.63) is 36.9 Å². The Kier molecular flexibility index (Phi) is 6.23. The largest absolute Gasteiger partial charge is 0.497 e. The Bertz CT molecular complexity index is 628. The molecule has 1 amide bonds. The molecule has 0 fully saturated rings. The number of thioether (sulfide) groups is 1. The summed E-state index contributed by atoms with van der Waals surface area (Å²) in [6.07, 6.45) is 1.64. The number of methoxy groups -OCH3 is 1. The molecule has 0 saturated heterocycles. The molecule has 1 heterocycles. The number of nitrogens with zero attached hydrogens (tertiary/aromatic N) is 2. The van der Waals surface area contributed by atoms with E-state index in [1.807, 2.05) is 24.3 Å². The molecule has 0 aliphatic rings.